The molecule has 0 bridgehead atoms. The average Bonchev–Trinajstić information content (AvgIpc) is 2.65. The van der Waals surface area contributed by atoms with Crippen molar-refractivity contribution in [1.82, 2.24) is 9.88 Å². The van der Waals surface area contributed by atoms with Gasteiger partial charge in [0.1, 0.15) is 22.9 Å². The topological polar surface area (TPSA) is 106 Å². The number of aryl methyl sites for hydroxylation is 1. The van der Waals surface area contributed by atoms with Crippen molar-refractivity contribution < 1.29 is 17.6 Å². The number of ketones is 1. The number of rotatable bonds is 4. The SMILES string of the molecule is Cc1ccc(C(=O)Cc2ccc(F)c([C@]3(C)CS(=O)(=O)C4(CN(C)C4)C(N)=N3)c2)nc1. The highest BCUT2D eigenvalue weighted by Gasteiger charge is 2.60. The van der Waals surface area contributed by atoms with Gasteiger partial charge >= 0.3 is 0 Å². The van der Waals surface area contributed by atoms with E-state index >= 15 is 0 Å². The fourth-order valence-corrected chi connectivity index (χ4v) is 6.83. The zero-order chi connectivity index (χ0) is 22.6. The van der Waals surface area contributed by atoms with Gasteiger partial charge in [-0.25, -0.2) is 12.8 Å². The standard InChI is InChI=1S/C22H25FN4O3S/c1-14-4-7-18(25-10-14)19(28)9-15-5-6-17(23)16(8-15)21(2)13-31(29,30)22(20(24)26-21)11-27(3)12-22/h4-8,10H,9,11-13H2,1-3H3,(H2,24,26)/t21-/m0/s1. The van der Waals surface area contributed by atoms with Gasteiger partial charge in [-0.15, -0.1) is 0 Å². The Hall–Kier alpha value is -2.65. The molecular weight excluding hydrogens is 419 g/mol. The van der Waals surface area contributed by atoms with Crippen molar-refractivity contribution in [2.75, 3.05) is 25.9 Å². The van der Waals surface area contributed by atoms with Crippen LogP contribution in [0.2, 0.25) is 0 Å². The minimum Gasteiger partial charge on any atom is -0.386 e. The number of aliphatic imine (C=N–C) groups is 1. The van der Waals surface area contributed by atoms with Crippen LogP contribution in [0.25, 0.3) is 0 Å². The van der Waals surface area contributed by atoms with Crippen LogP contribution in [0.4, 0.5) is 4.39 Å². The van der Waals surface area contributed by atoms with Crippen LogP contribution in [0, 0.1) is 12.7 Å². The average molecular weight is 445 g/mol. The number of amidine groups is 1. The quantitative estimate of drug-likeness (QED) is 0.719. The van der Waals surface area contributed by atoms with Crippen LogP contribution in [0.15, 0.2) is 41.5 Å². The third-order valence-corrected chi connectivity index (χ3v) is 8.72. The molecule has 0 saturated carbocycles. The van der Waals surface area contributed by atoms with E-state index < -0.39 is 25.9 Å². The first-order valence-corrected chi connectivity index (χ1v) is 11.6. The van der Waals surface area contributed by atoms with E-state index in [0.29, 0.717) is 11.3 Å². The van der Waals surface area contributed by atoms with Crippen molar-refractivity contribution in [1.29, 1.82) is 0 Å². The number of nitrogens with two attached hydrogens (primary N) is 1. The molecule has 1 aromatic heterocycles. The number of hydrogen-bond acceptors (Lipinski definition) is 7. The van der Waals surface area contributed by atoms with E-state index in [-0.39, 0.29) is 42.4 Å². The van der Waals surface area contributed by atoms with Crippen molar-refractivity contribution in [3.05, 3.63) is 64.7 Å². The molecular formula is C22H25FN4O3S. The van der Waals surface area contributed by atoms with E-state index in [0.717, 1.165) is 5.56 Å². The molecule has 1 fully saturated rings. The summed E-state index contributed by atoms with van der Waals surface area (Å²) in [7, 11) is -1.85. The maximum Gasteiger partial charge on any atom is 0.185 e. The Kier molecular flexibility index (Phi) is 5.01. The summed E-state index contributed by atoms with van der Waals surface area (Å²) in [6, 6.07) is 7.72. The van der Waals surface area contributed by atoms with Gasteiger partial charge < -0.3 is 10.6 Å². The van der Waals surface area contributed by atoms with Gasteiger partial charge in [-0.05, 0) is 50.2 Å². The number of likely N-dealkylation sites (tertiary alicyclic amines) is 1. The number of halogens is 1. The van der Waals surface area contributed by atoms with Gasteiger partial charge in [0.25, 0.3) is 0 Å². The van der Waals surface area contributed by atoms with Crippen LogP contribution < -0.4 is 5.73 Å². The first-order chi connectivity index (χ1) is 14.5. The van der Waals surface area contributed by atoms with E-state index in [2.05, 4.69) is 9.98 Å². The lowest BCUT2D eigenvalue weighted by Crippen LogP contribution is -2.73. The summed E-state index contributed by atoms with van der Waals surface area (Å²) in [5, 5.41) is 0. The maximum absolute atomic E-state index is 14.8. The predicted octanol–water partition coefficient (Wildman–Crippen LogP) is 1.64. The number of hydrogen-bond donors (Lipinski definition) is 1. The summed E-state index contributed by atoms with van der Waals surface area (Å²) in [6.07, 6.45) is 1.63. The predicted molar refractivity (Wildman–Crippen MR) is 116 cm³/mol. The molecule has 164 valence electrons. The Bertz CT molecular complexity index is 1190. The highest BCUT2D eigenvalue weighted by atomic mass is 32.2. The first kappa shape index (κ1) is 21.6. The van der Waals surface area contributed by atoms with Gasteiger partial charge in [-0.3, -0.25) is 14.8 Å². The molecule has 2 aromatic rings. The Balaban J connectivity index is 1.68. The molecule has 3 heterocycles. The number of aromatic nitrogens is 1. The van der Waals surface area contributed by atoms with Crippen molar-refractivity contribution >= 4 is 21.5 Å². The van der Waals surface area contributed by atoms with Crippen molar-refractivity contribution in [2.24, 2.45) is 10.7 Å². The van der Waals surface area contributed by atoms with E-state index in [4.69, 9.17) is 5.73 Å². The zero-order valence-corrected chi connectivity index (χ0v) is 18.5. The summed E-state index contributed by atoms with van der Waals surface area (Å²) in [4.78, 5) is 23.1. The van der Waals surface area contributed by atoms with E-state index in [1.807, 2.05) is 18.9 Å². The Morgan fingerprint density at radius 1 is 1.26 bits per heavy atom. The van der Waals surface area contributed by atoms with E-state index in [9.17, 15) is 17.6 Å². The number of Topliss-reactive ketones (excluding diaryl/α,β-unsaturated/α-hetero) is 1. The van der Waals surface area contributed by atoms with E-state index in [1.165, 1.54) is 18.2 Å². The van der Waals surface area contributed by atoms with Gasteiger partial charge in [0.2, 0.25) is 0 Å². The molecule has 31 heavy (non-hydrogen) atoms. The molecule has 0 radical (unpaired) electrons. The first-order valence-electron chi connectivity index (χ1n) is 9.97. The second-order valence-corrected chi connectivity index (χ2v) is 11.1. The second kappa shape index (κ2) is 7.20. The second-order valence-electron chi connectivity index (χ2n) is 8.83. The Morgan fingerprint density at radius 2 is 1.97 bits per heavy atom. The maximum atomic E-state index is 14.8. The highest BCUT2D eigenvalue weighted by molar-refractivity contribution is 7.93. The molecule has 2 N–H and O–H groups in total. The molecule has 1 saturated heterocycles. The largest absolute Gasteiger partial charge is 0.386 e. The van der Waals surface area contributed by atoms with Gasteiger partial charge in [0.15, 0.2) is 20.4 Å². The van der Waals surface area contributed by atoms with E-state index in [1.54, 1.807) is 25.3 Å². The number of nitrogens with zero attached hydrogens (tertiary/aromatic N) is 3. The molecule has 1 aromatic carbocycles. The Labute approximate surface area is 181 Å². The normalized spacial score (nSPS) is 24.5. The minimum atomic E-state index is -3.67. The summed E-state index contributed by atoms with van der Waals surface area (Å²) >= 11 is 0. The van der Waals surface area contributed by atoms with Crippen molar-refractivity contribution in [3.63, 3.8) is 0 Å². The van der Waals surface area contributed by atoms with Crippen LogP contribution in [0.1, 0.15) is 34.1 Å². The van der Waals surface area contributed by atoms with Crippen LogP contribution in [0.3, 0.4) is 0 Å². The third-order valence-electron chi connectivity index (χ3n) is 6.12. The lowest BCUT2D eigenvalue weighted by Gasteiger charge is -2.51. The lowest BCUT2D eigenvalue weighted by atomic mass is 9.89. The summed E-state index contributed by atoms with van der Waals surface area (Å²) < 4.78 is 39.9. The minimum absolute atomic E-state index is 0.0140. The fraction of sp³-hybridized carbons (Fsp3) is 0.409. The number of carbonyl (C=O) groups excluding carboxylic acids is 1. The molecule has 2 aliphatic rings. The monoisotopic (exact) mass is 444 g/mol. The molecule has 4 rings (SSSR count). The molecule has 1 atom stereocenters. The van der Waals surface area contributed by atoms with Gasteiger partial charge in [0.05, 0.1) is 5.75 Å². The molecule has 0 aliphatic carbocycles. The molecule has 2 aliphatic heterocycles. The molecule has 1 spiro atoms. The smallest absolute Gasteiger partial charge is 0.185 e. The number of pyridine rings is 1. The molecule has 0 unspecified atom stereocenters. The fourth-order valence-electron chi connectivity index (χ4n) is 4.39. The molecule has 9 heteroatoms. The van der Waals surface area contributed by atoms with Crippen LogP contribution in [-0.4, -0.2) is 60.6 Å². The number of benzene rings is 1. The third kappa shape index (κ3) is 3.55. The van der Waals surface area contributed by atoms with Gasteiger partial charge in [-0.2, -0.15) is 0 Å². The van der Waals surface area contributed by atoms with Crippen LogP contribution in [0.5, 0.6) is 0 Å². The number of carbonyl (C=O) groups is 1. The summed E-state index contributed by atoms with van der Waals surface area (Å²) in [6.45, 7) is 4.01. The zero-order valence-electron chi connectivity index (χ0n) is 17.7. The Morgan fingerprint density at radius 3 is 2.55 bits per heavy atom. The number of sulfone groups is 1. The van der Waals surface area contributed by atoms with Crippen molar-refractivity contribution in [3.8, 4) is 0 Å². The summed E-state index contributed by atoms with van der Waals surface area (Å²) in [5.41, 5.74) is 6.71. The summed E-state index contributed by atoms with van der Waals surface area (Å²) in [5.74, 6) is -1.12. The highest BCUT2D eigenvalue weighted by Crippen LogP contribution is 2.41. The van der Waals surface area contributed by atoms with Gasteiger partial charge in [-0.1, -0.05) is 12.1 Å². The van der Waals surface area contributed by atoms with Crippen molar-refractivity contribution in [2.45, 2.75) is 30.6 Å². The molecule has 7 nitrogen and oxygen atoms in total. The lowest BCUT2D eigenvalue weighted by molar-refractivity contribution is 0.0988. The molecule has 0 amide bonds. The van der Waals surface area contributed by atoms with Crippen LogP contribution in [-0.2, 0) is 21.8 Å². The van der Waals surface area contributed by atoms with Gasteiger partial charge in [0, 0.05) is 31.3 Å². The van der Waals surface area contributed by atoms with Crippen LogP contribution >= 0.6 is 0 Å².